The van der Waals surface area contributed by atoms with E-state index in [0.717, 1.165) is 21.4 Å². The molecular formula is C24H21F4N5O3S. The molecule has 0 aliphatic heterocycles. The van der Waals surface area contributed by atoms with Gasteiger partial charge in [-0.25, -0.2) is 19.0 Å². The number of rotatable bonds is 8. The molecule has 0 fully saturated rings. The molecule has 3 rings (SSSR count). The minimum Gasteiger partial charge on any atom is -0.453 e. The second kappa shape index (κ2) is 12.1. The number of nitrogens with zero attached hydrogens (tertiary/aromatic N) is 1. The number of fused-ring (bicyclic) bond motifs is 1. The fourth-order valence-corrected chi connectivity index (χ4v) is 3.74. The zero-order valence-electron chi connectivity index (χ0n) is 19.3. The molecule has 0 saturated heterocycles. The number of halogens is 4. The van der Waals surface area contributed by atoms with Crippen molar-refractivity contribution in [1.29, 1.82) is 0 Å². The van der Waals surface area contributed by atoms with Crippen LogP contribution in [0.5, 0.6) is 0 Å². The van der Waals surface area contributed by atoms with Gasteiger partial charge in [-0.1, -0.05) is 24.4 Å². The Morgan fingerprint density at radius 3 is 2.46 bits per heavy atom. The molecule has 13 heteroatoms. The fraction of sp³-hybridized carbons (Fsp3) is 0.125. The molecule has 0 spiro atoms. The summed E-state index contributed by atoms with van der Waals surface area (Å²) in [5, 5.41) is 7.27. The molecule has 194 valence electrons. The van der Waals surface area contributed by atoms with Gasteiger partial charge in [-0.15, -0.1) is 0 Å². The van der Waals surface area contributed by atoms with Gasteiger partial charge >= 0.3 is 18.3 Å². The van der Waals surface area contributed by atoms with Crippen molar-refractivity contribution in [2.75, 3.05) is 24.3 Å². The zero-order valence-corrected chi connectivity index (χ0v) is 20.1. The number of alkyl halides is 3. The van der Waals surface area contributed by atoms with Gasteiger partial charge < -0.3 is 20.4 Å². The van der Waals surface area contributed by atoms with Crippen molar-refractivity contribution >= 4 is 46.6 Å². The van der Waals surface area contributed by atoms with Crippen molar-refractivity contribution in [2.45, 2.75) is 16.0 Å². The first kappa shape index (κ1) is 27.3. The molecule has 37 heavy (non-hydrogen) atoms. The zero-order chi connectivity index (χ0) is 27.0. The Hall–Kier alpha value is -4.26. The van der Waals surface area contributed by atoms with E-state index < -0.39 is 36.2 Å². The molecule has 0 radical (unpaired) electrons. The number of imidazole rings is 1. The van der Waals surface area contributed by atoms with E-state index in [1.165, 1.54) is 18.9 Å². The molecule has 0 atom stereocenters. The van der Waals surface area contributed by atoms with Crippen LogP contribution < -0.4 is 16.0 Å². The van der Waals surface area contributed by atoms with E-state index in [0.29, 0.717) is 23.4 Å². The third kappa shape index (κ3) is 8.42. The number of amides is 3. The van der Waals surface area contributed by atoms with Crippen LogP contribution in [0.3, 0.4) is 0 Å². The molecule has 0 unspecified atom stereocenters. The molecule has 0 bridgehead atoms. The van der Waals surface area contributed by atoms with E-state index in [2.05, 4.69) is 37.2 Å². The summed E-state index contributed by atoms with van der Waals surface area (Å²) in [7, 11) is 1.25. The lowest BCUT2D eigenvalue weighted by atomic mass is 10.2. The molecule has 4 N–H and O–H groups in total. The van der Waals surface area contributed by atoms with Crippen molar-refractivity contribution < 1.29 is 31.9 Å². The van der Waals surface area contributed by atoms with Gasteiger partial charge in [0.25, 0.3) is 0 Å². The summed E-state index contributed by atoms with van der Waals surface area (Å²) < 4.78 is 56.0. The molecule has 2 aromatic carbocycles. The first-order valence-corrected chi connectivity index (χ1v) is 11.3. The number of methoxy groups -OCH3 is 1. The molecule has 0 aliphatic carbocycles. The molecule has 1 aromatic heterocycles. The van der Waals surface area contributed by atoms with Crippen molar-refractivity contribution in [2.24, 2.45) is 0 Å². The standard InChI is InChI=1S/C24H21F4N5O3S/c1-14(25)3-4-15(24(26,27)28)11-12-29-22(34)30-16-5-7-17(8-6-16)37-18-9-10-19-20(13-18)32-21(31-19)33-23(35)36-2/h3-11,13H,1,12H2,2H3,(H2,29,30,34)(H2,31,32,33,35)/b4-3-,15-11+. The number of aromatic nitrogens is 2. The van der Waals surface area contributed by atoms with E-state index in [4.69, 9.17) is 0 Å². The Bertz CT molecular complexity index is 1350. The Morgan fingerprint density at radius 2 is 1.81 bits per heavy atom. The lowest BCUT2D eigenvalue weighted by Crippen LogP contribution is -2.29. The Labute approximate surface area is 212 Å². The number of carbonyl (C=O) groups is 2. The molecule has 0 aliphatic rings. The second-order valence-corrected chi connectivity index (χ2v) is 8.43. The third-order valence-electron chi connectivity index (χ3n) is 4.56. The van der Waals surface area contributed by atoms with Crippen molar-refractivity contribution in [3.63, 3.8) is 0 Å². The van der Waals surface area contributed by atoms with E-state index in [1.807, 2.05) is 18.2 Å². The number of benzene rings is 2. The second-order valence-electron chi connectivity index (χ2n) is 7.28. The van der Waals surface area contributed by atoms with Crippen LogP contribution in [-0.2, 0) is 4.74 Å². The van der Waals surface area contributed by atoms with Crippen molar-refractivity contribution in [3.8, 4) is 0 Å². The number of carbonyl (C=O) groups excluding carboxylic acids is 2. The van der Waals surface area contributed by atoms with Gasteiger partial charge in [0.1, 0.15) is 5.83 Å². The first-order valence-electron chi connectivity index (χ1n) is 10.5. The number of anilines is 2. The number of ether oxygens (including phenoxy) is 1. The largest absolute Gasteiger partial charge is 0.453 e. The van der Waals surface area contributed by atoms with Gasteiger partial charge in [0.15, 0.2) is 0 Å². The molecule has 8 nitrogen and oxygen atoms in total. The summed E-state index contributed by atoms with van der Waals surface area (Å²) in [6, 6.07) is 11.6. The quantitative estimate of drug-likeness (QED) is 0.193. The van der Waals surface area contributed by atoms with Crippen LogP contribution in [0.2, 0.25) is 0 Å². The van der Waals surface area contributed by atoms with Gasteiger partial charge in [0.05, 0.1) is 23.7 Å². The lowest BCUT2D eigenvalue weighted by Gasteiger charge is -2.09. The van der Waals surface area contributed by atoms with Crippen LogP contribution in [0.1, 0.15) is 0 Å². The Kier molecular flexibility index (Phi) is 8.95. The SMILES string of the molecule is C=C(F)/C=C\C(=C/CNC(=O)Nc1ccc(Sc2ccc3[nH]c(NC(=O)OC)nc3c2)cc1)C(F)(F)F. The van der Waals surface area contributed by atoms with Gasteiger partial charge in [-0.3, -0.25) is 5.32 Å². The highest BCUT2D eigenvalue weighted by Crippen LogP contribution is 2.31. The predicted octanol–water partition coefficient (Wildman–Crippen LogP) is 6.54. The van der Waals surface area contributed by atoms with E-state index >= 15 is 0 Å². The van der Waals surface area contributed by atoms with Gasteiger partial charge in [-0.2, -0.15) is 13.2 Å². The topological polar surface area (TPSA) is 108 Å². The van der Waals surface area contributed by atoms with Gasteiger partial charge in [0, 0.05) is 22.0 Å². The number of hydrogen-bond acceptors (Lipinski definition) is 5. The summed E-state index contributed by atoms with van der Waals surface area (Å²) in [6.45, 7) is 2.44. The summed E-state index contributed by atoms with van der Waals surface area (Å²) >= 11 is 1.44. The molecule has 3 aromatic rings. The van der Waals surface area contributed by atoms with E-state index in [9.17, 15) is 27.2 Å². The number of H-pyrrole nitrogens is 1. The Balaban J connectivity index is 1.56. The molecule has 1 heterocycles. The summed E-state index contributed by atoms with van der Waals surface area (Å²) in [6.07, 6.45) is -3.49. The molecule has 3 amide bonds. The average molecular weight is 536 g/mol. The highest BCUT2D eigenvalue weighted by atomic mass is 32.2. The fourth-order valence-electron chi connectivity index (χ4n) is 2.89. The third-order valence-corrected chi connectivity index (χ3v) is 5.56. The lowest BCUT2D eigenvalue weighted by molar-refractivity contribution is -0.0883. The Morgan fingerprint density at radius 1 is 1.11 bits per heavy atom. The summed E-state index contributed by atoms with van der Waals surface area (Å²) in [5.74, 6) is -0.767. The molecular weight excluding hydrogens is 514 g/mol. The normalized spacial score (nSPS) is 12.0. The number of hydrogen-bond donors (Lipinski definition) is 4. The number of nitrogens with one attached hydrogen (secondary N) is 4. The minimum absolute atomic E-state index is 0.255. The maximum Gasteiger partial charge on any atom is 0.416 e. The van der Waals surface area contributed by atoms with E-state index in [-0.39, 0.29) is 5.95 Å². The summed E-state index contributed by atoms with van der Waals surface area (Å²) in [5.41, 5.74) is 0.676. The summed E-state index contributed by atoms with van der Waals surface area (Å²) in [4.78, 5) is 32.3. The maximum absolute atomic E-state index is 12.9. The van der Waals surface area contributed by atoms with Crippen LogP contribution in [0.15, 0.2) is 88.5 Å². The predicted molar refractivity (Wildman–Crippen MR) is 133 cm³/mol. The van der Waals surface area contributed by atoms with E-state index in [1.54, 1.807) is 24.3 Å². The van der Waals surface area contributed by atoms with Crippen molar-refractivity contribution in [3.05, 3.63) is 78.7 Å². The van der Waals surface area contributed by atoms with Crippen LogP contribution in [-0.4, -0.2) is 41.9 Å². The molecule has 0 saturated carbocycles. The smallest absolute Gasteiger partial charge is 0.416 e. The monoisotopic (exact) mass is 535 g/mol. The van der Waals surface area contributed by atoms with Gasteiger partial charge in [-0.05, 0) is 54.6 Å². The number of aromatic amines is 1. The van der Waals surface area contributed by atoms with Crippen molar-refractivity contribution in [1.82, 2.24) is 15.3 Å². The highest BCUT2D eigenvalue weighted by molar-refractivity contribution is 7.99. The maximum atomic E-state index is 12.9. The van der Waals surface area contributed by atoms with Crippen LogP contribution >= 0.6 is 11.8 Å². The first-order chi connectivity index (χ1) is 17.5. The van der Waals surface area contributed by atoms with Crippen LogP contribution in [0, 0.1) is 0 Å². The van der Waals surface area contributed by atoms with Gasteiger partial charge in [0.2, 0.25) is 5.95 Å². The number of urea groups is 1. The average Bonchev–Trinajstić information content (AvgIpc) is 3.22. The van der Waals surface area contributed by atoms with Crippen LogP contribution in [0.25, 0.3) is 11.0 Å². The number of allylic oxidation sites excluding steroid dienone is 4. The highest BCUT2D eigenvalue weighted by Gasteiger charge is 2.31. The minimum atomic E-state index is -4.71. The van der Waals surface area contributed by atoms with Crippen LogP contribution in [0.4, 0.5) is 38.8 Å².